The average molecular weight is 585 g/mol. The number of halogens is 1. The molecule has 2 saturated heterocycles. The molecule has 0 saturated carbocycles. The average Bonchev–Trinajstić information content (AvgIpc) is 2.79. The van der Waals surface area contributed by atoms with Crippen molar-refractivity contribution < 1.29 is 27.2 Å². The normalized spacial score (nSPS) is 18.6. The topological polar surface area (TPSA) is 129 Å². The number of nitrogens with zero attached hydrogens (tertiary/aromatic N) is 3. The molecule has 0 spiro atoms. The van der Waals surface area contributed by atoms with Crippen LogP contribution in [0.3, 0.4) is 0 Å². The van der Waals surface area contributed by atoms with Crippen LogP contribution in [-0.2, 0) is 19.6 Å². The van der Waals surface area contributed by atoms with Crippen molar-refractivity contribution in [3.8, 4) is 0 Å². The summed E-state index contributed by atoms with van der Waals surface area (Å²) in [7, 11) is -4.23. The molecule has 0 bridgehead atoms. The van der Waals surface area contributed by atoms with Gasteiger partial charge in [-0.2, -0.15) is 4.31 Å². The zero-order valence-electron chi connectivity index (χ0n) is 20.3. The molecule has 11 nitrogen and oxygen atoms in total. The van der Waals surface area contributed by atoms with Gasteiger partial charge in [0.15, 0.2) is 4.90 Å². The summed E-state index contributed by atoms with van der Waals surface area (Å²) in [5, 5.41) is 1.56. The quantitative estimate of drug-likeness (QED) is 0.579. The molecule has 0 atom stereocenters. The minimum absolute atomic E-state index is 0.0235. The van der Waals surface area contributed by atoms with Gasteiger partial charge in [0.2, 0.25) is 5.43 Å². The van der Waals surface area contributed by atoms with Crippen LogP contribution in [0.5, 0.6) is 0 Å². The summed E-state index contributed by atoms with van der Waals surface area (Å²) in [5.74, 6) is -0.423. The zero-order chi connectivity index (χ0) is 26.3. The number of hydrogen-bond donors (Lipinski definition) is 1. The Morgan fingerprint density at radius 3 is 2.47 bits per heavy atom. The second kappa shape index (κ2) is 10.1. The third-order valence-electron chi connectivity index (χ3n) is 5.99. The molecule has 0 unspecified atom stereocenters. The predicted octanol–water partition coefficient (Wildman–Crippen LogP) is 2.29. The van der Waals surface area contributed by atoms with Crippen molar-refractivity contribution >= 4 is 48.9 Å². The van der Waals surface area contributed by atoms with Gasteiger partial charge < -0.3 is 14.1 Å². The van der Waals surface area contributed by atoms with Crippen LogP contribution in [0.1, 0.15) is 33.6 Å². The third-order valence-corrected chi connectivity index (χ3v) is 8.32. The first kappa shape index (κ1) is 26.6. The number of ether oxygens (including phenoxy) is 1. The Balaban J connectivity index is 1.37. The van der Waals surface area contributed by atoms with Gasteiger partial charge >= 0.3 is 6.09 Å². The van der Waals surface area contributed by atoms with Crippen molar-refractivity contribution in [1.82, 2.24) is 19.6 Å². The maximum absolute atomic E-state index is 13.2. The van der Waals surface area contributed by atoms with E-state index in [2.05, 4.69) is 21.4 Å². The monoisotopic (exact) mass is 584 g/mol. The van der Waals surface area contributed by atoms with Gasteiger partial charge in [0.05, 0.1) is 18.5 Å². The lowest BCUT2D eigenvalue weighted by molar-refractivity contribution is -0.138. The van der Waals surface area contributed by atoms with E-state index in [1.807, 2.05) is 20.8 Å². The second-order valence-electron chi connectivity index (χ2n) is 9.82. The molecule has 2 amide bonds. The number of piperidine rings is 1. The Labute approximate surface area is 217 Å². The molecule has 2 aromatic rings. The van der Waals surface area contributed by atoms with Crippen LogP contribution >= 0.6 is 15.9 Å². The van der Waals surface area contributed by atoms with Crippen molar-refractivity contribution in [2.45, 2.75) is 50.2 Å². The molecule has 1 N–H and O–H groups in total. The number of piperazine rings is 1. The van der Waals surface area contributed by atoms with E-state index in [-0.39, 0.29) is 36.2 Å². The highest BCUT2D eigenvalue weighted by Gasteiger charge is 2.36. The first-order chi connectivity index (χ1) is 16.8. The number of hydrogen-bond acceptors (Lipinski definition) is 8. The predicted molar refractivity (Wildman–Crippen MR) is 135 cm³/mol. The molecule has 1 aromatic heterocycles. The highest BCUT2D eigenvalue weighted by Crippen LogP contribution is 2.22. The van der Waals surface area contributed by atoms with Gasteiger partial charge in [0, 0.05) is 30.1 Å². The molecule has 2 aliphatic rings. The van der Waals surface area contributed by atoms with Crippen molar-refractivity contribution in [2.75, 3.05) is 32.7 Å². The SMILES string of the molecule is CC(C)(C)OC(=O)N1CCC(NN2CCN(S(=O)(=O)c3coc4cc(Br)ccc4c3=O)CC2=O)CC1. The van der Waals surface area contributed by atoms with E-state index in [0.29, 0.717) is 30.4 Å². The van der Waals surface area contributed by atoms with Gasteiger partial charge in [-0.15, -0.1) is 0 Å². The maximum Gasteiger partial charge on any atom is 0.410 e. The summed E-state index contributed by atoms with van der Waals surface area (Å²) in [6.45, 7) is 6.17. The number of likely N-dealkylation sites (tertiary alicyclic amines) is 1. The Morgan fingerprint density at radius 1 is 1.14 bits per heavy atom. The van der Waals surface area contributed by atoms with Crippen molar-refractivity contribution in [1.29, 1.82) is 0 Å². The van der Waals surface area contributed by atoms with Gasteiger partial charge in [0.25, 0.3) is 15.9 Å². The van der Waals surface area contributed by atoms with E-state index in [1.165, 1.54) is 11.1 Å². The molecular formula is C23H29BrN4O7S. The summed E-state index contributed by atoms with van der Waals surface area (Å²) in [6.07, 6.45) is 1.82. The Bertz CT molecular complexity index is 1330. The number of benzene rings is 1. The lowest BCUT2D eigenvalue weighted by Crippen LogP contribution is -2.60. The molecule has 2 aliphatic heterocycles. The van der Waals surface area contributed by atoms with Crippen LogP contribution < -0.4 is 10.9 Å². The number of hydrazine groups is 1. The molecular weight excluding hydrogens is 556 g/mol. The molecule has 3 heterocycles. The number of amides is 2. The van der Waals surface area contributed by atoms with Crippen LogP contribution in [-0.4, -0.2) is 79.0 Å². The largest absolute Gasteiger partial charge is 0.463 e. The lowest BCUT2D eigenvalue weighted by Gasteiger charge is -2.39. The van der Waals surface area contributed by atoms with Crippen LogP contribution in [0.2, 0.25) is 0 Å². The first-order valence-corrected chi connectivity index (χ1v) is 13.8. The zero-order valence-corrected chi connectivity index (χ0v) is 22.7. The summed E-state index contributed by atoms with van der Waals surface area (Å²) in [5.41, 5.74) is 2.19. The number of nitrogens with one attached hydrogen (secondary N) is 1. The minimum atomic E-state index is -4.23. The standard InChI is InChI=1S/C23H29BrN4O7S/c1-23(2,3)35-22(31)26-8-6-16(7-9-26)25-28-11-10-27(13-20(28)29)36(32,33)19-14-34-18-12-15(24)4-5-17(18)21(19)30/h4-5,12,14,16,25H,6-11,13H2,1-3H3. The van der Waals surface area contributed by atoms with Crippen LogP contribution in [0.15, 0.2) is 43.0 Å². The summed E-state index contributed by atoms with van der Waals surface area (Å²) in [4.78, 5) is 39.0. The Kier molecular flexibility index (Phi) is 7.47. The number of rotatable bonds is 4. The van der Waals surface area contributed by atoms with Crippen molar-refractivity contribution in [3.05, 3.63) is 39.2 Å². The number of carbonyl (C=O) groups excluding carboxylic acids is 2. The Hall–Kier alpha value is -2.48. The van der Waals surface area contributed by atoms with E-state index in [9.17, 15) is 22.8 Å². The first-order valence-electron chi connectivity index (χ1n) is 11.6. The van der Waals surface area contributed by atoms with Gasteiger partial charge in [-0.1, -0.05) is 15.9 Å². The highest BCUT2D eigenvalue weighted by atomic mass is 79.9. The van der Waals surface area contributed by atoms with Crippen LogP contribution in [0, 0.1) is 0 Å². The highest BCUT2D eigenvalue weighted by molar-refractivity contribution is 9.10. The van der Waals surface area contributed by atoms with Crippen molar-refractivity contribution in [2.24, 2.45) is 0 Å². The van der Waals surface area contributed by atoms with E-state index in [4.69, 9.17) is 9.15 Å². The maximum atomic E-state index is 13.2. The molecule has 4 rings (SSSR count). The second-order valence-corrected chi connectivity index (χ2v) is 12.6. The fraction of sp³-hybridized carbons (Fsp3) is 0.522. The van der Waals surface area contributed by atoms with E-state index in [0.717, 1.165) is 10.6 Å². The molecule has 13 heteroatoms. The van der Waals surface area contributed by atoms with Gasteiger partial charge in [0.1, 0.15) is 17.4 Å². The number of fused-ring (bicyclic) bond motifs is 1. The molecule has 0 aliphatic carbocycles. The molecule has 36 heavy (non-hydrogen) atoms. The fourth-order valence-corrected chi connectivity index (χ4v) is 5.87. The van der Waals surface area contributed by atoms with Crippen LogP contribution in [0.4, 0.5) is 4.79 Å². The minimum Gasteiger partial charge on any atom is -0.463 e. The lowest BCUT2D eigenvalue weighted by atomic mass is 10.1. The van der Waals surface area contributed by atoms with Gasteiger partial charge in [-0.3, -0.25) is 14.6 Å². The number of sulfonamides is 1. The van der Waals surface area contributed by atoms with Gasteiger partial charge in [-0.05, 0) is 51.8 Å². The smallest absolute Gasteiger partial charge is 0.410 e. The summed E-state index contributed by atoms with van der Waals surface area (Å²) >= 11 is 3.29. The van der Waals surface area contributed by atoms with E-state index >= 15 is 0 Å². The Morgan fingerprint density at radius 2 is 1.83 bits per heavy atom. The van der Waals surface area contributed by atoms with Crippen LogP contribution in [0.25, 0.3) is 11.0 Å². The fourth-order valence-electron chi connectivity index (χ4n) is 4.13. The van der Waals surface area contributed by atoms with Crippen molar-refractivity contribution in [3.63, 3.8) is 0 Å². The summed E-state index contributed by atoms with van der Waals surface area (Å²) in [6, 6.07) is 4.66. The summed E-state index contributed by atoms with van der Waals surface area (Å²) < 4.78 is 38.8. The van der Waals surface area contributed by atoms with E-state index < -0.39 is 38.4 Å². The molecule has 196 valence electrons. The molecule has 0 radical (unpaired) electrons. The third kappa shape index (κ3) is 5.74. The number of carbonyl (C=O) groups is 2. The molecule has 2 fully saturated rings. The molecule has 1 aromatic carbocycles. The van der Waals surface area contributed by atoms with Gasteiger partial charge in [-0.25, -0.2) is 18.6 Å². The van der Waals surface area contributed by atoms with E-state index in [1.54, 1.807) is 17.0 Å².